The van der Waals surface area contributed by atoms with Gasteiger partial charge >= 0.3 is 0 Å². The lowest BCUT2D eigenvalue weighted by molar-refractivity contribution is -0.209. The molecular weight excluding hydrogens is 236 g/mol. The highest BCUT2D eigenvalue weighted by Gasteiger charge is 2.43. The highest BCUT2D eigenvalue weighted by atomic mass is 16.8. The molecule has 18 heavy (non-hydrogen) atoms. The zero-order chi connectivity index (χ0) is 13.1. The number of Topliss-reactive ketones (excluding diaryl/α,β-unsaturated/α-hetero) is 1. The second-order valence-corrected chi connectivity index (χ2v) is 5.20. The third kappa shape index (κ3) is 3.51. The molecule has 0 amide bonds. The molecule has 0 aliphatic carbocycles. The number of aliphatic hydroxyl groups excluding tert-OH is 1. The number of fused-ring (bicyclic) bond motifs is 1. The molecule has 1 N–H and O–H groups in total. The number of carbonyl (C=O) groups is 1. The van der Waals surface area contributed by atoms with Crippen molar-refractivity contribution in [2.24, 2.45) is 0 Å². The van der Waals surface area contributed by atoms with Gasteiger partial charge in [-0.25, -0.2) is 0 Å². The number of ketones is 1. The van der Waals surface area contributed by atoms with Gasteiger partial charge in [-0.15, -0.1) is 0 Å². The van der Waals surface area contributed by atoms with E-state index < -0.39 is 6.10 Å². The molecule has 2 saturated heterocycles. The smallest absolute Gasteiger partial charge is 0.187 e. The van der Waals surface area contributed by atoms with Gasteiger partial charge in [0.15, 0.2) is 12.6 Å². The number of aliphatic hydroxyl groups is 1. The Balaban J connectivity index is 1.70. The molecule has 104 valence electrons. The fourth-order valence-corrected chi connectivity index (χ4v) is 2.37. The summed E-state index contributed by atoms with van der Waals surface area (Å²) in [7, 11) is 0. The van der Waals surface area contributed by atoms with E-state index in [0.29, 0.717) is 12.8 Å². The van der Waals surface area contributed by atoms with Gasteiger partial charge in [0, 0.05) is 12.8 Å². The van der Waals surface area contributed by atoms with E-state index in [4.69, 9.17) is 14.2 Å². The normalized spacial score (nSPS) is 39.6. The first kappa shape index (κ1) is 13.9. The first-order valence-corrected chi connectivity index (χ1v) is 6.70. The van der Waals surface area contributed by atoms with Crippen LogP contribution in [0.3, 0.4) is 0 Å². The monoisotopic (exact) mass is 258 g/mol. The van der Waals surface area contributed by atoms with Gasteiger partial charge in [0.25, 0.3) is 0 Å². The van der Waals surface area contributed by atoms with Crippen LogP contribution < -0.4 is 0 Å². The summed E-state index contributed by atoms with van der Waals surface area (Å²) in [6.07, 6.45) is 2.28. The largest absolute Gasteiger partial charge is 0.390 e. The van der Waals surface area contributed by atoms with E-state index in [-0.39, 0.29) is 30.6 Å². The molecule has 0 bridgehead atoms. The van der Waals surface area contributed by atoms with Crippen molar-refractivity contribution in [1.82, 2.24) is 0 Å². The molecule has 0 aromatic heterocycles. The number of rotatable bonds is 5. The summed E-state index contributed by atoms with van der Waals surface area (Å²) in [4.78, 5) is 10.8. The van der Waals surface area contributed by atoms with E-state index in [1.54, 1.807) is 6.92 Å². The van der Waals surface area contributed by atoms with Gasteiger partial charge in [0.1, 0.15) is 11.9 Å². The SMILES string of the molecule is CC(=O)CCCCC1OC2C[C@@H](O)C(C)O[C@H]2O1. The minimum absolute atomic E-state index is 0.158. The van der Waals surface area contributed by atoms with Crippen LogP contribution in [-0.4, -0.2) is 41.8 Å². The van der Waals surface area contributed by atoms with Crippen LogP contribution in [-0.2, 0) is 19.0 Å². The second-order valence-electron chi connectivity index (χ2n) is 5.20. The van der Waals surface area contributed by atoms with Crippen molar-refractivity contribution in [3.05, 3.63) is 0 Å². The van der Waals surface area contributed by atoms with Crippen LogP contribution in [0.15, 0.2) is 0 Å². The predicted octanol–water partition coefficient (Wildman–Crippen LogP) is 1.37. The Morgan fingerprint density at radius 1 is 1.28 bits per heavy atom. The minimum Gasteiger partial charge on any atom is -0.390 e. The van der Waals surface area contributed by atoms with Crippen molar-refractivity contribution in [2.75, 3.05) is 0 Å². The van der Waals surface area contributed by atoms with E-state index in [1.807, 2.05) is 6.92 Å². The Kier molecular flexibility index (Phi) is 4.72. The molecule has 2 aliphatic rings. The number of unbranched alkanes of at least 4 members (excludes halogenated alkanes) is 1. The summed E-state index contributed by atoms with van der Waals surface area (Å²) in [5.74, 6) is 0.220. The Morgan fingerprint density at radius 2 is 2.06 bits per heavy atom. The maximum absolute atomic E-state index is 10.8. The first-order chi connectivity index (χ1) is 8.56. The molecule has 2 heterocycles. The quantitative estimate of drug-likeness (QED) is 0.755. The third-order valence-corrected chi connectivity index (χ3v) is 3.50. The first-order valence-electron chi connectivity index (χ1n) is 6.70. The molecule has 2 aliphatic heterocycles. The van der Waals surface area contributed by atoms with Crippen LogP contribution in [0.1, 0.15) is 46.0 Å². The Bertz CT molecular complexity index is 275. The molecule has 5 nitrogen and oxygen atoms in total. The predicted molar refractivity (Wildman–Crippen MR) is 63.9 cm³/mol. The molecule has 0 aromatic carbocycles. The number of hydrogen-bond acceptors (Lipinski definition) is 5. The number of ether oxygens (including phenoxy) is 3. The zero-order valence-electron chi connectivity index (χ0n) is 11.0. The Labute approximate surface area is 107 Å². The van der Waals surface area contributed by atoms with Crippen molar-refractivity contribution in [2.45, 2.75) is 76.8 Å². The molecule has 0 radical (unpaired) electrons. The van der Waals surface area contributed by atoms with E-state index in [9.17, 15) is 9.90 Å². The lowest BCUT2D eigenvalue weighted by Crippen LogP contribution is -2.44. The van der Waals surface area contributed by atoms with Gasteiger partial charge in [-0.1, -0.05) is 0 Å². The van der Waals surface area contributed by atoms with Crippen LogP contribution in [0.25, 0.3) is 0 Å². The molecule has 2 fully saturated rings. The number of hydrogen-bond donors (Lipinski definition) is 1. The second kappa shape index (κ2) is 6.10. The zero-order valence-corrected chi connectivity index (χ0v) is 11.0. The van der Waals surface area contributed by atoms with Gasteiger partial charge < -0.3 is 24.1 Å². The fraction of sp³-hybridized carbons (Fsp3) is 0.923. The molecule has 0 spiro atoms. The van der Waals surface area contributed by atoms with E-state index in [1.165, 1.54) is 0 Å². The Morgan fingerprint density at radius 3 is 2.78 bits per heavy atom. The summed E-state index contributed by atoms with van der Waals surface area (Å²) in [6, 6.07) is 0. The average molecular weight is 258 g/mol. The van der Waals surface area contributed by atoms with Crippen LogP contribution in [0, 0.1) is 0 Å². The summed E-state index contributed by atoms with van der Waals surface area (Å²) in [5.41, 5.74) is 0. The lowest BCUT2D eigenvalue weighted by atomic mass is 10.0. The molecule has 2 rings (SSSR count). The molecule has 3 unspecified atom stereocenters. The van der Waals surface area contributed by atoms with E-state index in [0.717, 1.165) is 19.3 Å². The molecule has 0 aromatic rings. The van der Waals surface area contributed by atoms with Crippen LogP contribution in [0.5, 0.6) is 0 Å². The Hall–Kier alpha value is -0.490. The van der Waals surface area contributed by atoms with Gasteiger partial charge in [-0.2, -0.15) is 0 Å². The van der Waals surface area contributed by atoms with E-state index in [2.05, 4.69) is 0 Å². The van der Waals surface area contributed by atoms with Crippen molar-refractivity contribution < 1.29 is 24.1 Å². The van der Waals surface area contributed by atoms with Crippen molar-refractivity contribution in [1.29, 1.82) is 0 Å². The van der Waals surface area contributed by atoms with Crippen LogP contribution in [0.4, 0.5) is 0 Å². The highest BCUT2D eigenvalue weighted by molar-refractivity contribution is 5.75. The van der Waals surface area contributed by atoms with Crippen molar-refractivity contribution in [3.8, 4) is 0 Å². The molecule has 0 saturated carbocycles. The minimum atomic E-state index is -0.480. The summed E-state index contributed by atoms with van der Waals surface area (Å²) in [5, 5.41) is 9.69. The van der Waals surface area contributed by atoms with Gasteiger partial charge in [0.05, 0.1) is 12.2 Å². The number of carbonyl (C=O) groups excluding carboxylic acids is 1. The van der Waals surface area contributed by atoms with Gasteiger partial charge in [-0.05, 0) is 33.1 Å². The van der Waals surface area contributed by atoms with Crippen molar-refractivity contribution in [3.63, 3.8) is 0 Å². The standard InChI is InChI=1S/C13H22O5/c1-8(14)5-3-4-6-12-17-11-7-10(15)9(2)16-13(11)18-12/h9-13,15H,3-7H2,1-2H3/t9?,10-,11?,12?,13+/m1/s1. The highest BCUT2D eigenvalue weighted by Crippen LogP contribution is 2.32. The fourth-order valence-electron chi connectivity index (χ4n) is 2.37. The van der Waals surface area contributed by atoms with Gasteiger partial charge in [0.2, 0.25) is 0 Å². The maximum atomic E-state index is 10.8. The summed E-state index contributed by atoms with van der Waals surface area (Å²) in [6.45, 7) is 3.44. The lowest BCUT2D eigenvalue weighted by Gasteiger charge is -2.31. The maximum Gasteiger partial charge on any atom is 0.187 e. The summed E-state index contributed by atoms with van der Waals surface area (Å²) < 4.78 is 16.9. The third-order valence-electron chi connectivity index (χ3n) is 3.50. The topological polar surface area (TPSA) is 65.0 Å². The van der Waals surface area contributed by atoms with E-state index >= 15 is 0 Å². The summed E-state index contributed by atoms with van der Waals surface area (Å²) >= 11 is 0. The van der Waals surface area contributed by atoms with Crippen LogP contribution >= 0.6 is 0 Å². The molecule has 5 atom stereocenters. The van der Waals surface area contributed by atoms with Gasteiger partial charge in [-0.3, -0.25) is 0 Å². The average Bonchev–Trinajstić information content (AvgIpc) is 2.67. The van der Waals surface area contributed by atoms with Crippen molar-refractivity contribution >= 4 is 5.78 Å². The molecule has 5 heteroatoms. The molecular formula is C13H22O5. The van der Waals surface area contributed by atoms with Crippen LogP contribution in [0.2, 0.25) is 0 Å².